The van der Waals surface area contributed by atoms with E-state index in [9.17, 15) is 0 Å². The normalized spacial score (nSPS) is 9.31. The maximum absolute atomic E-state index is 5.54. The van der Waals surface area contributed by atoms with Crippen molar-refractivity contribution < 1.29 is 0 Å². The molecule has 1 aromatic carbocycles. The summed E-state index contributed by atoms with van der Waals surface area (Å²) in [5.41, 5.74) is 0. The predicted molar refractivity (Wildman–Crippen MR) is 61.2 cm³/mol. The van der Waals surface area contributed by atoms with Crippen LogP contribution in [0.5, 0.6) is 0 Å². The lowest BCUT2D eigenvalue weighted by atomic mass is 10.1. The lowest BCUT2D eigenvalue weighted by Gasteiger charge is -1.95. The molecule has 0 aromatic heterocycles. The lowest BCUT2D eigenvalue weighted by molar-refractivity contribution is 0.576. The highest BCUT2D eigenvalue weighted by Gasteiger charge is 1.85. The minimum atomic E-state index is 0.794. The van der Waals surface area contributed by atoms with Gasteiger partial charge in [0, 0.05) is 5.02 Å². The minimum absolute atomic E-state index is 0.794. The first-order chi connectivity index (χ1) is 6.16. The Balaban J connectivity index is 0.000000226. The molecule has 0 aliphatic carbocycles. The van der Waals surface area contributed by atoms with Crippen LogP contribution in [-0.4, -0.2) is 0 Å². The lowest BCUT2D eigenvalue weighted by Crippen LogP contribution is -1.81. The van der Waals surface area contributed by atoms with E-state index in [1.54, 1.807) is 0 Å². The molecule has 1 rings (SSSR count). The summed E-state index contributed by atoms with van der Waals surface area (Å²) in [5.74, 6) is 0.898. The molecule has 13 heavy (non-hydrogen) atoms. The van der Waals surface area contributed by atoms with E-state index in [1.807, 2.05) is 30.3 Å². The number of rotatable bonds is 2. The molecule has 0 nitrogen and oxygen atoms in total. The summed E-state index contributed by atoms with van der Waals surface area (Å²) in [5, 5.41) is 0.794. The van der Waals surface area contributed by atoms with Gasteiger partial charge in [0.25, 0.3) is 0 Å². The SMILES string of the molecule is CCCC(C)C.Clc1ccccc1. The molecule has 0 unspecified atom stereocenters. The molecule has 0 N–H and O–H groups in total. The Kier molecular flexibility index (Phi) is 7.82. The highest BCUT2D eigenvalue weighted by molar-refractivity contribution is 6.30. The fraction of sp³-hybridized carbons (Fsp3) is 0.500. The molecule has 0 amide bonds. The topological polar surface area (TPSA) is 0 Å². The fourth-order valence-corrected chi connectivity index (χ4v) is 1.14. The van der Waals surface area contributed by atoms with E-state index in [2.05, 4.69) is 20.8 Å². The van der Waals surface area contributed by atoms with Gasteiger partial charge in [-0.1, -0.05) is 63.4 Å². The Labute approximate surface area is 86.9 Å². The maximum Gasteiger partial charge on any atom is 0.0405 e. The Hall–Kier alpha value is -0.490. The van der Waals surface area contributed by atoms with Crippen LogP contribution < -0.4 is 0 Å². The Morgan fingerprint density at radius 1 is 1.15 bits per heavy atom. The number of benzene rings is 1. The summed E-state index contributed by atoms with van der Waals surface area (Å²) >= 11 is 5.54. The van der Waals surface area contributed by atoms with E-state index in [-0.39, 0.29) is 0 Å². The molecular weight excluding hydrogens is 180 g/mol. The molecule has 0 aliphatic heterocycles. The third-order valence-corrected chi connectivity index (χ3v) is 1.85. The van der Waals surface area contributed by atoms with Crippen molar-refractivity contribution in [3.05, 3.63) is 35.4 Å². The van der Waals surface area contributed by atoms with E-state index in [0.29, 0.717) is 0 Å². The average Bonchev–Trinajstić information content (AvgIpc) is 2.06. The van der Waals surface area contributed by atoms with Crippen LogP contribution in [0.3, 0.4) is 0 Å². The van der Waals surface area contributed by atoms with Crippen LogP contribution in [0.25, 0.3) is 0 Å². The third-order valence-electron chi connectivity index (χ3n) is 1.60. The summed E-state index contributed by atoms with van der Waals surface area (Å²) in [6.45, 7) is 6.73. The van der Waals surface area contributed by atoms with Gasteiger partial charge in [-0.3, -0.25) is 0 Å². The molecular formula is C12H19Cl. The van der Waals surface area contributed by atoms with Crippen molar-refractivity contribution in [2.75, 3.05) is 0 Å². The van der Waals surface area contributed by atoms with Gasteiger partial charge < -0.3 is 0 Å². The summed E-state index contributed by atoms with van der Waals surface area (Å²) in [6, 6.07) is 9.44. The van der Waals surface area contributed by atoms with Crippen molar-refractivity contribution in [1.29, 1.82) is 0 Å². The monoisotopic (exact) mass is 198 g/mol. The molecule has 0 aliphatic rings. The van der Waals surface area contributed by atoms with Crippen molar-refractivity contribution in [3.63, 3.8) is 0 Å². The zero-order chi connectivity index (χ0) is 10.1. The van der Waals surface area contributed by atoms with Crippen molar-refractivity contribution in [1.82, 2.24) is 0 Å². The van der Waals surface area contributed by atoms with Crippen molar-refractivity contribution in [3.8, 4) is 0 Å². The Morgan fingerprint density at radius 2 is 1.69 bits per heavy atom. The van der Waals surface area contributed by atoms with Gasteiger partial charge in [-0.25, -0.2) is 0 Å². The maximum atomic E-state index is 5.54. The van der Waals surface area contributed by atoms with Gasteiger partial charge in [-0.05, 0) is 18.1 Å². The first-order valence-corrected chi connectivity index (χ1v) is 5.25. The molecule has 0 saturated heterocycles. The zero-order valence-corrected chi connectivity index (χ0v) is 9.51. The summed E-state index contributed by atoms with van der Waals surface area (Å²) in [6.07, 6.45) is 2.71. The second kappa shape index (κ2) is 8.12. The highest BCUT2D eigenvalue weighted by atomic mass is 35.5. The first-order valence-electron chi connectivity index (χ1n) is 4.87. The van der Waals surface area contributed by atoms with E-state index >= 15 is 0 Å². The molecule has 1 heteroatoms. The van der Waals surface area contributed by atoms with Crippen LogP contribution in [0, 0.1) is 5.92 Å². The van der Waals surface area contributed by atoms with Crippen molar-refractivity contribution in [2.45, 2.75) is 33.6 Å². The number of halogens is 1. The Morgan fingerprint density at radius 3 is 1.85 bits per heavy atom. The second-order valence-electron chi connectivity index (χ2n) is 3.48. The standard InChI is InChI=1S/C6H5Cl.C6H14/c7-6-4-2-1-3-5-6;1-4-5-6(2)3/h1-5H;6H,4-5H2,1-3H3. The van der Waals surface area contributed by atoms with E-state index < -0.39 is 0 Å². The molecule has 0 fully saturated rings. The van der Waals surface area contributed by atoms with E-state index in [0.717, 1.165) is 10.9 Å². The smallest absolute Gasteiger partial charge is 0.0405 e. The summed E-state index contributed by atoms with van der Waals surface area (Å²) in [7, 11) is 0. The average molecular weight is 199 g/mol. The highest BCUT2D eigenvalue weighted by Crippen LogP contribution is 2.03. The van der Waals surface area contributed by atoms with Crippen LogP contribution in [-0.2, 0) is 0 Å². The molecule has 0 radical (unpaired) electrons. The summed E-state index contributed by atoms with van der Waals surface area (Å²) < 4.78 is 0. The van der Waals surface area contributed by atoms with Crippen LogP contribution in [0.4, 0.5) is 0 Å². The van der Waals surface area contributed by atoms with Gasteiger partial charge >= 0.3 is 0 Å². The molecule has 0 atom stereocenters. The fourth-order valence-electron chi connectivity index (χ4n) is 0.992. The van der Waals surface area contributed by atoms with Crippen LogP contribution >= 0.6 is 11.6 Å². The van der Waals surface area contributed by atoms with Gasteiger partial charge in [0.15, 0.2) is 0 Å². The number of hydrogen-bond donors (Lipinski definition) is 0. The first kappa shape index (κ1) is 12.5. The summed E-state index contributed by atoms with van der Waals surface area (Å²) in [4.78, 5) is 0. The third kappa shape index (κ3) is 9.42. The van der Waals surface area contributed by atoms with Crippen LogP contribution in [0.1, 0.15) is 33.6 Å². The van der Waals surface area contributed by atoms with Crippen molar-refractivity contribution >= 4 is 11.6 Å². The van der Waals surface area contributed by atoms with Crippen molar-refractivity contribution in [2.24, 2.45) is 5.92 Å². The molecule has 0 bridgehead atoms. The van der Waals surface area contributed by atoms with Crippen LogP contribution in [0.15, 0.2) is 30.3 Å². The molecule has 0 heterocycles. The van der Waals surface area contributed by atoms with E-state index in [4.69, 9.17) is 11.6 Å². The quantitative estimate of drug-likeness (QED) is 0.642. The zero-order valence-electron chi connectivity index (χ0n) is 8.76. The van der Waals surface area contributed by atoms with Gasteiger partial charge in [0.1, 0.15) is 0 Å². The van der Waals surface area contributed by atoms with Crippen LogP contribution in [0.2, 0.25) is 5.02 Å². The molecule has 74 valence electrons. The molecule has 0 saturated carbocycles. The van der Waals surface area contributed by atoms with Gasteiger partial charge in [-0.2, -0.15) is 0 Å². The van der Waals surface area contributed by atoms with Gasteiger partial charge in [0.05, 0.1) is 0 Å². The minimum Gasteiger partial charge on any atom is -0.0843 e. The van der Waals surface area contributed by atoms with Gasteiger partial charge in [0.2, 0.25) is 0 Å². The second-order valence-corrected chi connectivity index (χ2v) is 3.91. The van der Waals surface area contributed by atoms with E-state index in [1.165, 1.54) is 12.8 Å². The molecule has 1 aromatic rings. The largest absolute Gasteiger partial charge is 0.0843 e. The Bertz CT molecular complexity index is 192. The number of hydrogen-bond acceptors (Lipinski definition) is 0. The molecule has 0 spiro atoms. The predicted octanol–water partition coefficient (Wildman–Crippen LogP) is 4.78. The van der Waals surface area contributed by atoms with Gasteiger partial charge in [-0.15, -0.1) is 0 Å².